The van der Waals surface area contributed by atoms with Crippen molar-refractivity contribution in [1.29, 1.82) is 0 Å². The third-order valence-electron chi connectivity index (χ3n) is 3.27. The second kappa shape index (κ2) is 9.56. The van der Waals surface area contributed by atoms with Gasteiger partial charge in [-0.1, -0.05) is 32.6 Å². The summed E-state index contributed by atoms with van der Waals surface area (Å²) in [6.07, 6.45) is 4.74. The number of nitrogens with two attached hydrogens (primary N) is 1. The zero-order valence-electron chi connectivity index (χ0n) is 15.2. The van der Waals surface area contributed by atoms with Crippen molar-refractivity contribution < 1.29 is 4.79 Å². The zero-order chi connectivity index (χ0) is 18.1. The van der Waals surface area contributed by atoms with E-state index in [2.05, 4.69) is 41.0 Å². The molecule has 2 rings (SSSR count). The highest BCUT2D eigenvalue weighted by molar-refractivity contribution is 5.92. The van der Waals surface area contributed by atoms with Gasteiger partial charge in [-0.05, 0) is 20.3 Å². The zero-order valence-corrected chi connectivity index (χ0v) is 15.2. The Kier molecular flexibility index (Phi) is 7.76. The third-order valence-corrected chi connectivity index (χ3v) is 3.27. The highest BCUT2D eigenvalue weighted by Crippen LogP contribution is 2.25. The van der Waals surface area contributed by atoms with Crippen molar-refractivity contribution in [3.05, 3.63) is 18.1 Å². The number of carbonyl (C=O) groups excluding carboxylic acids is 1. The lowest BCUT2D eigenvalue weighted by atomic mass is 10.2. The van der Waals surface area contributed by atoms with Gasteiger partial charge >= 0.3 is 0 Å². The Hall–Kier alpha value is -2.55. The monoisotopic (exact) mass is 329 g/mol. The molecule has 1 amide bonds. The number of nitrogens with zero attached hydrogens (tertiary/aromatic N) is 3. The number of rotatable bonds is 4. The van der Waals surface area contributed by atoms with E-state index in [1.165, 1.54) is 6.33 Å². The van der Waals surface area contributed by atoms with E-state index in [-0.39, 0.29) is 11.9 Å². The van der Waals surface area contributed by atoms with Crippen LogP contribution < -0.4 is 11.1 Å². The standard InChI is InChI=1S/C16H21N5O.C2H6/c1-4-6-13(22)18-8-5-7-12-9-21(11(2)3)16-14(12)15(17)19-10-20-16;1-2/h9-11H,4,6,8H2,1-3H3,(H,18,22)(H2,17,19,20);1-2H3. The van der Waals surface area contributed by atoms with Gasteiger partial charge < -0.3 is 15.6 Å². The molecule has 0 fully saturated rings. The lowest BCUT2D eigenvalue weighted by Gasteiger charge is -2.07. The second-order valence-electron chi connectivity index (χ2n) is 5.33. The maximum Gasteiger partial charge on any atom is 0.220 e. The predicted octanol–water partition coefficient (Wildman–Crippen LogP) is 2.89. The van der Waals surface area contributed by atoms with Crippen molar-refractivity contribution >= 4 is 22.8 Å². The highest BCUT2D eigenvalue weighted by atomic mass is 16.1. The third kappa shape index (κ3) is 4.72. The second-order valence-corrected chi connectivity index (χ2v) is 5.33. The molecule has 0 aromatic carbocycles. The van der Waals surface area contributed by atoms with Crippen LogP contribution in [0.5, 0.6) is 0 Å². The molecule has 2 heterocycles. The number of anilines is 1. The van der Waals surface area contributed by atoms with Crippen LogP contribution in [0.2, 0.25) is 0 Å². The maximum absolute atomic E-state index is 11.4. The molecular weight excluding hydrogens is 302 g/mol. The number of aromatic nitrogens is 3. The molecule has 0 saturated carbocycles. The van der Waals surface area contributed by atoms with Gasteiger partial charge in [-0.3, -0.25) is 4.79 Å². The predicted molar refractivity (Wildman–Crippen MR) is 98.5 cm³/mol. The number of nitrogens with one attached hydrogen (secondary N) is 1. The molecule has 0 atom stereocenters. The fraction of sp³-hybridized carbons (Fsp3) is 0.500. The summed E-state index contributed by atoms with van der Waals surface area (Å²) in [5.74, 6) is 6.45. The molecule has 24 heavy (non-hydrogen) atoms. The molecule has 130 valence electrons. The van der Waals surface area contributed by atoms with Gasteiger partial charge in [0.2, 0.25) is 5.91 Å². The fourth-order valence-corrected chi connectivity index (χ4v) is 2.19. The van der Waals surface area contributed by atoms with Crippen LogP contribution in [-0.4, -0.2) is 27.0 Å². The Morgan fingerprint density at radius 3 is 2.71 bits per heavy atom. The molecule has 0 aliphatic heterocycles. The van der Waals surface area contributed by atoms with Crippen LogP contribution in [0, 0.1) is 11.8 Å². The molecule has 0 aliphatic rings. The number of amides is 1. The van der Waals surface area contributed by atoms with Crippen LogP contribution in [0.25, 0.3) is 11.0 Å². The number of nitrogen functional groups attached to an aromatic ring is 1. The van der Waals surface area contributed by atoms with E-state index in [0.29, 0.717) is 18.8 Å². The Morgan fingerprint density at radius 1 is 1.38 bits per heavy atom. The minimum atomic E-state index is 0.0178. The molecular formula is C18H27N5O. The molecule has 0 aliphatic carbocycles. The smallest absolute Gasteiger partial charge is 0.220 e. The molecule has 0 spiro atoms. The van der Waals surface area contributed by atoms with Crippen molar-refractivity contribution in [2.75, 3.05) is 12.3 Å². The lowest BCUT2D eigenvalue weighted by Crippen LogP contribution is -2.22. The summed E-state index contributed by atoms with van der Waals surface area (Å²) in [7, 11) is 0. The summed E-state index contributed by atoms with van der Waals surface area (Å²) >= 11 is 0. The first-order valence-corrected chi connectivity index (χ1v) is 8.41. The molecule has 0 bridgehead atoms. The molecule has 6 heteroatoms. The average Bonchev–Trinajstić information content (AvgIpc) is 2.94. The number of fused-ring (bicyclic) bond motifs is 1. The van der Waals surface area contributed by atoms with Crippen LogP contribution in [0.1, 0.15) is 59.1 Å². The van der Waals surface area contributed by atoms with Crippen molar-refractivity contribution in [3.63, 3.8) is 0 Å². The first kappa shape index (κ1) is 19.5. The molecule has 0 radical (unpaired) electrons. The van der Waals surface area contributed by atoms with Gasteiger partial charge in [0.25, 0.3) is 0 Å². The highest BCUT2D eigenvalue weighted by Gasteiger charge is 2.13. The van der Waals surface area contributed by atoms with Crippen molar-refractivity contribution in [2.45, 2.75) is 53.5 Å². The summed E-state index contributed by atoms with van der Waals surface area (Å²) in [5, 5.41) is 3.53. The molecule has 2 aromatic heterocycles. The van der Waals surface area contributed by atoms with E-state index >= 15 is 0 Å². The summed E-state index contributed by atoms with van der Waals surface area (Å²) in [5.41, 5.74) is 7.52. The summed E-state index contributed by atoms with van der Waals surface area (Å²) in [6, 6.07) is 0.247. The number of hydrogen-bond acceptors (Lipinski definition) is 4. The van der Waals surface area contributed by atoms with E-state index in [1.807, 2.05) is 31.5 Å². The maximum atomic E-state index is 11.4. The fourth-order valence-electron chi connectivity index (χ4n) is 2.19. The van der Waals surface area contributed by atoms with Crippen molar-refractivity contribution in [3.8, 4) is 11.8 Å². The molecule has 0 unspecified atom stereocenters. The molecule has 0 saturated heterocycles. The lowest BCUT2D eigenvalue weighted by molar-refractivity contribution is -0.120. The van der Waals surface area contributed by atoms with E-state index in [9.17, 15) is 4.79 Å². The van der Waals surface area contributed by atoms with E-state index in [1.54, 1.807) is 0 Å². The Bertz CT molecular complexity index is 737. The minimum Gasteiger partial charge on any atom is -0.383 e. The summed E-state index contributed by atoms with van der Waals surface area (Å²) in [6.45, 7) is 10.4. The van der Waals surface area contributed by atoms with Gasteiger partial charge in [-0.2, -0.15) is 0 Å². The van der Waals surface area contributed by atoms with Gasteiger partial charge in [0.1, 0.15) is 17.8 Å². The normalized spacial score (nSPS) is 9.92. The molecule has 6 nitrogen and oxygen atoms in total. The van der Waals surface area contributed by atoms with Crippen LogP contribution in [0.15, 0.2) is 12.5 Å². The van der Waals surface area contributed by atoms with Gasteiger partial charge in [0.05, 0.1) is 17.5 Å². The van der Waals surface area contributed by atoms with Crippen molar-refractivity contribution in [1.82, 2.24) is 19.9 Å². The topological polar surface area (TPSA) is 85.8 Å². The van der Waals surface area contributed by atoms with E-state index in [4.69, 9.17) is 5.73 Å². The van der Waals surface area contributed by atoms with Crippen LogP contribution in [-0.2, 0) is 4.79 Å². The van der Waals surface area contributed by atoms with Gasteiger partial charge in [0.15, 0.2) is 0 Å². The van der Waals surface area contributed by atoms with Crippen LogP contribution in [0.4, 0.5) is 5.82 Å². The Balaban J connectivity index is 0.00000139. The van der Waals surface area contributed by atoms with Gasteiger partial charge in [0, 0.05) is 18.7 Å². The van der Waals surface area contributed by atoms with Gasteiger partial charge in [-0.25, -0.2) is 9.97 Å². The Labute approximate surface area is 143 Å². The first-order valence-electron chi connectivity index (χ1n) is 8.41. The van der Waals surface area contributed by atoms with Crippen LogP contribution >= 0.6 is 0 Å². The molecule has 2 aromatic rings. The van der Waals surface area contributed by atoms with E-state index in [0.717, 1.165) is 23.0 Å². The quantitative estimate of drug-likeness (QED) is 0.845. The Morgan fingerprint density at radius 2 is 2.08 bits per heavy atom. The number of hydrogen-bond donors (Lipinski definition) is 2. The minimum absolute atomic E-state index is 0.0178. The largest absolute Gasteiger partial charge is 0.383 e. The summed E-state index contributed by atoms with van der Waals surface area (Å²) < 4.78 is 2.02. The van der Waals surface area contributed by atoms with E-state index < -0.39 is 0 Å². The van der Waals surface area contributed by atoms with Gasteiger partial charge in [-0.15, -0.1) is 0 Å². The SMILES string of the molecule is CC.CCCC(=O)NCC#Cc1cn(C(C)C)c2ncnc(N)c12. The average molecular weight is 329 g/mol. The number of carbonyl (C=O) groups is 1. The summed E-state index contributed by atoms with van der Waals surface area (Å²) in [4.78, 5) is 19.7. The van der Waals surface area contributed by atoms with Crippen molar-refractivity contribution in [2.24, 2.45) is 0 Å². The molecule has 3 N–H and O–H groups in total. The van der Waals surface area contributed by atoms with Crippen LogP contribution in [0.3, 0.4) is 0 Å². The first-order chi connectivity index (χ1) is 11.5.